The van der Waals surface area contributed by atoms with Crippen molar-refractivity contribution in [2.75, 3.05) is 0 Å². The molecule has 1 aliphatic carbocycles. The molecular formula is C8H11ClN2S. The van der Waals surface area contributed by atoms with Gasteiger partial charge in [-0.15, -0.1) is 0 Å². The normalized spacial score (nSPS) is 18.8. The topological polar surface area (TPSA) is 25.8 Å². The van der Waals surface area contributed by atoms with Crippen molar-refractivity contribution in [2.24, 2.45) is 5.92 Å². The molecule has 0 saturated heterocycles. The van der Waals surface area contributed by atoms with Crippen molar-refractivity contribution < 1.29 is 0 Å². The third-order valence-electron chi connectivity index (χ3n) is 2.38. The van der Waals surface area contributed by atoms with Gasteiger partial charge in [0, 0.05) is 6.42 Å². The summed E-state index contributed by atoms with van der Waals surface area (Å²) >= 11 is 7.08. The SMILES string of the molecule is Clc1nsc(CC2CCCC2)n1. The molecule has 0 amide bonds. The lowest BCUT2D eigenvalue weighted by molar-refractivity contribution is 0.545. The van der Waals surface area contributed by atoms with E-state index in [4.69, 9.17) is 11.6 Å². The molecule has 0 aliphatic heterocycles. The molecule has 2 nitrogen and oxygen atoms in total. The minimum atomic E-state index is 0.410. The summed E-state index contributed by atoms with van der Waals surface area (Å²) in [6, 6.07) is 0. The maximum atomic E-state index is 5.63. The van der Waals surface area contributed by atoms with Gasteiger partial charge in [-0.2, -0.15) is 4.37 Å². The summed E-state index contributed by atoms with van der Waals surface area (Å²) in [7, 11) is 0. The number of aromatic nitrogens is 2. The molecule has 1 aromatic rings. The second-order valence-corrected chi connectivity index (χ2v) is 4.49. The summed E-state index contributed by atoms with van der Waals surface area (Å²) in [5.74, 6) is 0.842. The standard InChI is InChI=1S/C8H11ClN2S/c9-8-10-7(12-11-8)5-6-3-1-2-4-6/h6H,1-5H2. The number of rotatable bonds is 2. The Morgan fingerprint density at radius 2 is 2.17 bits per heavy atom. The van der Waals surface area contributed by atoms with Gasteiger partial charge in [-0.25, -0.2) is 4.98 Å². The summed E-state index contributed by atoms with van der Waals surface area (Å²) in [5.41, 5.74) is 0. The van der Waals surface area contributed by atoms with Crippen molar-refractivity contribution in [3.63, 3.8) is 0 Å². The molecule has 1 fully saturated rings. The highest BCUT2D eigenvalue weighted by molar-refractivity contribution is 7.05. The molecule has 66 valence electrons. The lowest BCUT2D eigenvalue weighted by atomic mass is 10.1. The third kappa shape index (κ3) is 1.96. The molecule has 2 rings (SSSR count). The summed E-state index contributed by atoms with van der Waals surface area (Å²) in [6.07, 6.45) is 6.58. The van der Waals surface area contributed by atoms with E-state index in [-0.39, 0.29) is 0 Å². The van der Waals surface area contributed by atoms with E-state index >= 15 is 0 Å². The van der Waals surface area contributed by atoms with E-state index in [9.17, 15) is 0 Å². The molecule has 12 heavy (non-hydrogen) atoms. The van der Waals surface area contributed by atoms with Crippen molar-refractivity contribution in [1.82, 2.24) is 9.36 Å². The van der Waals surface area contributed by atoms with E-state index in [0.29, 0.717) is 5.28 Å². The van der Waals surface area contributed by atoms with Crippen LogP contribution in [-0.2, 0) is 6.42 Å². The first-order valence-electron chi connectivity index (χ1n) is 4.32. The Balaban J connectivity index is 1.94. The second-order valence-electron chi connectivity index (χ2n) is 3.31. The number of hydrogen-bond donors (Lipinski definition) is 0. The summed E-state index contributed by atoms with van der Waals surface area (Å²) < 4.78 is 3.95. The zero-order valence-corrected chi connectivity index (χ0v) is 8.37. The lowest BCUT2D eigenvalue weighted by Crippen LogP contribution is -1.97. The van der Waals surface area contributed by atoms with Gasteiger partial charge in [0.25, 0.3) is 0 Å². The zero-order chi connectivity index (χ0) is 8.39. The van der Waals surface area contributed by atoms with E-state index in [0.717, 1.165) is 17.3 Å². The fourth-order valence-corrected chi connectivity index (χ4v) is 2.69. The van der Waals surface area contributed by atoms with Gasteiger partial charge in [-0.05, 0) is 29.1 Å². The predicted molar refractivity (Wildman–Crippen MR) is 50.6 cm³/mol. The number of halogens is 1. The van der Waals surface area contributed by atoms with Gasteiger partial charge in [0.05, 0.1) is 0 Å². The van der Waals surface area contributed by atoms with Crippen LogP contribution in [0.3, 0.4) is 0 Å². The molecule has 1 aromatic heterocycles. The van der Waals surface area contributed by atoms with Crippen LogP contribution in [0.15, 0.2) is 0 Å². The first-order chi connectivity index (χ1) is 5.84. The van der Waals surface area contributed by atoms with Crippen LogP contribution in [0.5, 0.6) is 0 Å². The van der Waals surface area contributed by atoms with Gasteiger partial charge in [-0.1, -0.05) is 25.7 Å². The number of nitrogens with zero attached hydrogens (tertiary/aromatic N) is 2. The molecule has 0 atom stereocenters. The predicted octanol–water partition coefficient (Wildman–Crippen LogP) is 2.92. The van der Waals surface area contributed by atoms with Crippen LogP contribution in [0.2, 0.25) is 5.28 Å². The molecule has 4 heteroatoms. The molecule has 1 heterocycles. The lowest BCUT2D eigenvalue weighted by Gasteiger charge is -2.03. The first-order valence-corrected chi connectivity index (χ1v) is 5.48. The maximum absolute atomic E-state index is 5.63. The summed E-state index contributed by atoms with van der Waals surface area (Å²) in [5, 5.41) is 1.51. The van der Waals surface area contributed by atoms with E-state index < -0.39 is 0 Å². The van der Waals surface area contributed by atoms with Crippen LogP contribution >= 0.6 is 23.1 Å². The average molecular weight is 203 g/mol. The van der Waals surface area contributed by atoms with Gasteiger partial charge in [0.2, 0.25) is 5.28 Å². The molecule has 0 N–H and O–H groups in total. The Bertz CT molecular complexity index is 255. The van der Waals surface area contributed by atoms with Crippen LogP contribution in [0.1, 0.15) is 30.7 Å². The third-order valence-corrected chi connectivity index (χ3v) is 3.38. The van der Waals surface area contributed by atoms with Gasteiger partial charge < -0.3 is 0 Å². The second kappa shape index (κ2) is 3.71. The number of hydrogen-bond acceptors (Lipinski definition) is 3. The van der Waals surface area contributed by atoms with Crippen molar-refractivity contribution in [3.8, 4) is 0 Å². The Hall–Kier alpha value is -0.150. The van der Waals surface area contributed by atoms with Crippen LogP contribution in [0.25, 0.3) is 0 Å². The van der Waals surface area contributed by atoms with Gasteiger partial charge in [0.1, 0.15) is 5.01 Å². The largest absolute Gasteiger partial charge is 0.234 e. The molecule has 1 saturated carbocycles. The Labute approximate surface area is 81.1 Å². The Morgan fingerprint density at radius 3 is 2.75 bits per heavy atom. The fourth-order valence-electron chi connectivity index (χ4n) is 1.78. The molecule has 0 aromatic carbocycles. The molecule has 0 radical (unpaired) electrons. The quantitative estimate of drug-likeness (QED) is 0.737. The summed E-state index contributed by atoms with van der Waals surface area (Å²) in [4.78, 5) is 4.15. The average Bonchev–Trinajstić information content (AvgIpc) is 2.63. The van der Waals surface area contributed by atoms with Crippen molar-refractivity contribution in [2.45, 2.75) is 32.1 Å². The van der Waals surface area contributed by atoms with E-state index in [1.54, 1.807) is 0 Å². The van der Waals surface area contributed by atoms with Crippen molar-refractivity contribution >= 4 is 23.1 Å². The van der Waals surface area contributed by atoms with Crippen LogP contribution in [0, 0.1) is 5.92 Å². The highest BCUT2D eigenvalue weighted by Crippen LogP contribution is 2.28. The highest BCUT2D eigenvalue weighted by atomic mass is 35.5. The Kier molecular flexibility index (Phi) is 2.61. The fraction of sp³-hybridized carbons (Fsp3) is 0.750. The van der Waals surface area contributed by atoms with Crippen molar-refractivity contribution in [1.29, 1.82) is 0 Å². The van der Waals surface area contributed by atoms with Crippen LogP contribution < -0.4 is 0 Å². The minimum Gasteiger partial charge on any atom is -0.210 e. The van der Waals surface area contributed by atoms with Gasteiger partial charge >= 0.3 is 0 Å². The molecule has 1 aliphatic rings. The van der Waals surface area contributed by atoms with Crippen LogP contribution in [-0.4, -0.2) is 9.36 Å². The van der Waals surface area contributed by atoms with E-state index in [1.807, 2.05) is 0 Å². The van der Waals surface area contributed by atoms with E-state index in [2.05, 4.69) is 9.36 Å². The first kappa shape index (κ1) is 8.45. The van der Waals surface area contributed by atoms with E-state index in [1.165, 1.54) is 37.2 Å². The van der Waals surface area contributed by atoms with Gasteiger partial charge in [-0.3, -0.25) is 0 Å². The molecule has 0 bridgehead atoms. The smallest absolute Gasteiger partial charge is 0.210 e. The Morgan fingerprint density at radius 1 is 1.42 bits per heavy atom. The summed E-state index contributed by atoms with van der Waals surface area (Å²) in [6.45, 7) is 0. The maximum Gasteiger partial charge on any atom is 0.234 e. The van der Waals surface area contributed by atoms with Crippen molar-refractivity contribution in [3.05, 3.63) is 10.3 Å². The molecular weight excluding hydrogens is 192 g/mol. The van der Waals surface area contributed by atoms with Crippen LogP contribution in [0.4, 0.5) is 0 Å². The zero-order valence-electron chi connectivity index (χ0n) is 6.79. The molecule has 0 unspecified atom stereocenters. The molecule has 0 spiro atoms. The van der Waals surface area contributed by atoms with Gasteiger partial charge in [0.15, 0.2) is 0 Å². The highest BCUT2D eigenvalue weighted by Gasteiger charge is 2.17. The minimum absolute atomic E-state index is 0.410. The monoisotopic (exact) mass is 202 g/mol.